The normalized spacial score (nSPS) is 28.1. The van der Waals surface area contributed by atoms with E-state index in [2.05, 4.69) is 41.4 Å². The zero-order valence-electron chi connectivity index (χ0n) is 17.6. The Hall–Kier alpha value is -1.72. The minimum absolute atomic E-state index is 0.244. The first kappa shape index (κ1) is 19.3. The molecule has 1 aromatic rings. The number of allylic oxidation sites excluding steroid dienone is 4. The molecule has 0 saturated carbocycles. The molecule has 0 amide bonds. The molecule has 156 valence electrons. The van der Waals surface area contributed by atoms with E-state index in [-0.39, 0.29) is 16.9 Å². The number of aryl methyl sites for hydroxylation is 1. The molecule has 4 aliphatic rings. The summed E-state index contributed by atoms with van der Waals surface area (Å²) in [4.78, 5) is 6.80. The van der Waals surface area contributed by atoms with Crippen molar-refractivity contribution in [2.45, 2.75) is 51.7 Å². The van der Waals surface area contributed by atoms with Gasteiger partial charge < -0.3 is 14.0 Å². The Morgan fingerprint density at radius 3 is 2.79 bits per heavy atom. The van der Waals surface area contributed by atoms with Crippen LogP contribution in [0.1, 0.15) is 45.2 Å². The maximum absolute atomic E-state index is 6.53. The van der Waals surface area contributed by atoms with Gasteiger partial charge in [0.2, 0.25) is 0 Å². The second-order valence-corrected chi connectivity index (χ2v) is 10.1. The number of piperidine rings is 1. The zero-order chi connectivity index (χ0) is 20.2. The molecule has 0 radical (unpaired) electrons. The van der Waals surface area contributed by atoms with Crippen LogP contribution in [0.5, 0.6) is 0 Å². The van der Waals surface area contributed by atoms with Gasteiger partial charge in [0.1, 0.15) is 17.1 Å². The summed E-state index contributed by atoms with van der Waals surface area (Å²) in [6.07, 6.45) is 12.2. The molecule has 5 rings (SSSR count). The summed E-state index contributed by atoms with van der Waals surface area (Å²) in [5.74, 6) is 2.24. The highest BCUT2D eigenvalue weighted by Gasteiger charge is 2.51. The van der Waals surface area contributed by atoms with Crippen LogP contribution in [-0.2, 0) is 23.1 Å². The van der Waals surface area contributed by atoms with E-state index in [1.807, 2.05) is 18.6 Å². The monoisotopic (exact) mass is 415 g/mol. The summed E-state index contributed by atoms with van der Waals surface area (Å²) < 4.78 is 15.1. The van der Waals surface area contributed by atoms with Crippen LogP contribution in [0.3, 0.4) is 0 Å². The average Bonchev–Trinajstić information content (AvgIpc) is 3.10. The maximum atomic E-state index is 6.53. The van der Waals surface area contributed by atoms with E-state index in [1.54, 1.807) is 0 Å². The number of rotatable bonds is 2. The number of nitrogens with zero attached hydrogens (tertiary/aromatic N) is 3. The second kappa shape index (κ2) is 6.92. The molecule has 1 atom stereocenters. The molecule has 6 heteroatoms. The van der Waals surface area contributed by atoms with Crippen molar-refractivity contribution in [3.05, 3.63) is 52.5 Å². The van der Waals surface area contributed by atoms with Crippen molar-refractivity contribution in [1.82, 2.24) is 14.5 Å². The summed E-state index contributed by atoms with van der Waals surface area (Å²) in [6.45, 7) is 8.36. The first-order valence-corrected chi connectivity index (χ1v) is 11.0. The lowest BCUT2D eigenvalue weighted by Crippen LogP contribution is -2.51. The van der Waals surface area contributed by atoms with Crippen molar-refractivity contribution in [3.8, 4) is 0 Å². The standard InChI is InChI=1S/C23H30ClN3O2/c1-22(2)18-11-23(7-9-27(10-8-23)13-16-12-25-15-26(16)3)14-28-20(18)17-5-4-6-19(24)21(17)29-22/h4,6,12,15,18H,5,7-11,13-14H2,1-3H3/t18-/m0/s1. The van der Waals surface area contributed by atoms with Gasteiger partial charge in [-0.05, 0) is 58.7 Å². The van der Waals surface area contributed by atoms with Gasteiger partial charge in [0, 0.05) is 30.8 Å². The topological polar surface area (TPSA) is 39.5 Å². The lowest BCUT2D eigenvalue weighted by Gasteiger charge is -2.52. The highest BCUT2D eigenvalue weighted by Crippen LogP contribution is 2.54. The van der Waals surface area contributed by atoms with E-state index in [9.17, 15) is 0 Å². The predicted molar refractivity (Wildman–Crippen MR) is 113 cm³/mol. The first-order valence-electron chi connectivity index (χ1n) is 10.7. The molecule has 29 heavy (non-hydrogen) atoms. The minimum Gasteiger partial charge on any atom is -0.496 e. The molecular formula is C23H30ClN3O2. The van der Waals surface area contributed by atoms with Gasteiger partial charge in [-0.15, -0.1) is 0 Å². The van der Waals surface area contributed by atoms with Gasteiger partial charge in [-0.2, -0.15) is 0 Å². The molecule has 0 aromatic carbocycles. The molecule has 4 heterocycles. The van der Waals surface area contributed by atoms with E-state index < -0.39 is 0 Å². The van der Waals surface area contributed by atoms with Gasteiger partial charge in [-0.25, -0.2) is 4.98 Å². The third-order valence-electron chi connectivity index (χ3n) is 7.29. The Morgan fingerprint density at radius 1 is 1.28 bits per heavy atom. The lowest BCUT2D eigenvalue weighted by atomic mass is 9.66. The van der Waals surface area contributed by atoms with Crippen molar-refractivity contribution in [2.75, 3.05) is 19.7 Å². The van der Waals surface area contributed by atoms with Crippen molar-refractivity contribution in [1.29, 1.82) is 0 Å². The first-order chi connectivity index (χ1) is 13.9. The Bertz CT molecular complexity index is 903. The van der Waals surface area contributed by atoms with Gasteiger partial charge in [0.15, 0.2) is 0 Å². The smallest absolute Gasteiger partial charge is 0.145 e. The predicted octanol–water partition coefficient (Wildman–Crippen LogP) is 4.51. The molecule has 5 nitrogen and oxygen atoms in total. The van der Waals surface area contributed by atoms with Gasteiger partial charge in [0.05, 0.1) is 29.6 Å². The van der Waals surface area contributed by atoms with E-state index in [1.165, 1.54) is 18.5 Å². The van der Waals surface area contributed by atoms with Crippen LogP contribution >= 0.6 is 11.6 Å². The summed E-state index contributed by atoms with van der Waals surface area (Å²) >= 11 is 6.44. The van der Waals surface area contributed by atoms with E-state index in [0.29, 0.717) is 5.03 Å². The fourth-order valence-electron chi connectivity index (χ4n) is 5.32. The number of halogens is 1. The minimum atomic E-state index is -0.307. The molecule has 0 N–H and O–H groups in total. The zero-order valence-corrected chi connectivity index (χ0v) is 18.3. The van der Waals surface area contributed by atoms with Crippen LogP contribution in [0.2, 0.25) is 0 Å². The van der Waals surface area contributed by atoms with Crippen molar-refractivity contribution < 1.29 is 9.47 Å². The molecule has 2 saturated heterocycles. The van der Waals surface area contributed by atoms with Crippen LogP contribution < -0.4 is 0 Å². The number of hydrogen-bond acceptors (Lipinski definition) is 4. The van der Waals surface area contributed by atoms with Gasteiger partial charge in [-0.3, -0.25) is 4.90 Å². The highest BCUT2D eigenvalue weighted by atomic mass is 35.5. The largest absolute Gasteiger partial charge is 0.496 e. The van der Waals surface area contributed by atoms with E-state index in [0.717, 1.165) is 56.2 Å². The lowest BCUT2D eigenvalue weighted by molar-refractivity contribution is -0.111. The Kier molecular flexibility index (Phi) is 4.59. The van der Waals surface area contributed by atoms with E-state index in [4.69, 9.17) is 21.1 Å². The fraction of sp³-hybridized carbons (Fsp3) is 0.609. The summed E-state index contributed by atoms with van der Waals surface area (Å²) in [7, 11) is 2.07. The van der Waals surface area contributed by atoms with Crippen molar-refractivity contribution in [2.24, 2.45) is 18.4 Å². The van der Waals surface area contributed by atoms with Gasteiger partial charge in [-0.1, -0.05) is 17.7 Å². The number of likely N-dealkylation sites (tertiary alicyclic amines) is 1. The van der Waals surface area contributed by atoms with Crippen LogP contribution in [-0.4, -0.2) is 39.7 Å². The SMILES string of the molecule is Cn1cncc1CN1CCC2(CC1)COC1=C3CC=CC(Cl)=C3OC(C)(C)[C@H]1C2. The number of hydrogen-bond donors (Lipinski definition) is 0. The number of ether oxygens (including phenoxy) is 2. The Morgan fingerprint density at radius 2 is 2.07 bits per heavy atom. The maximum Gasteiger partial charge on any atom is 0.145 e. The van der Waals surface area contributed by atoms with Crippen LogP contribution in [0, 0.1) is 11.3 Å². The fourth-order valence-corrected chi connectivity index (χ4v) is 5.57. The Balaban J connectivity index is 1.33. The van der Waals surface area contributed by atoms with Crippen molar-refractivity contribution in [3.63, 3.8) is 0 Å². The average molecular weight is 416 g/mol. The molecule has 0 unspecified atom stereocenters. The van der Waals surface area contributed by atoms with Crippen LogP contribution in [0.25, 0.3) is 0 Å². The summed E-state index contributed by atoms with van der Waals surface area (Å²) in [5.41, 5.74) is 2.37. The molecule has 3 aliphatic heterocycles. The van der Waals surface area contributed by atoms with Crippen LogP contribution in [0.15, 0.2) is 46.8 Å². The molecule has 1 aliphatic carbocycles. The van der Waals surface area contributed by atoms with E-state index >= 15 is 0 Å². The summed E-state index contributed by atoms with van der Waals surface area (Å²) in [5, 5.41) is 0.692. The van der Waals surface area contributed by atoms with Gasteiger partial charge >= 0.3 is 0 Å². The number of aromatic nitrogens is 2. The highest BCUT2D eigenvalue weighted by molar-refractivity contribution is 6.31. The van der Waals surface area contributed by atoms with Gasteiger partial charge in [0.25, 0.3) is 0 Å². The summed E-state index contributed by atoms with van der Waals surface area (Å²) in [6, 6.07) is 0. The van der Waals surface area contributed by atoms with Crippen LogP contribution in [0.4, 0.5) is 0 Å². The third kappa shape index (κ3) is 3.32. The van der Waals surface area contributed by atoms with Crippen molar-refractivity contribution >= 4 is 11.6 Å². The number of imidazole rings is 1. The second-order valence-electron chi connectivity index (χ2n) is 9.65. The third-order valence-corrected chi connectivity index (χ3v) is 7.58. The molecule has 0 bridgehead atoms. The quantitative estimate of drug-likeness (QED) is 0.712. The number of fused-ring (bicyclic) bond motifs is 2. The molecule has 1 aromatic heterocycles. The molecular weight excluding hydrogens is 386 g/mol. The molecule has 1 spiro atoms. The Labute approximate surface area is 178 Å². The molecule has 2 fully saturated rings.